The van der Waals surface area contributed by atoms with E-state index in [-0.39, 0.29) is 17.4 Å². The lowest BCUT2D eigenvalue weighted by atomic mass is 10.1. The largest absolute Gasteiger partial charge is 0.326 e. The molecule has 0 spiro atoms. The van der Waals surface area contributed by atoms with Crippen LogP contribution >= 0.6 is 11.3 Å². The van der Waals surface area contributed by atoms with Crippen LogP contribution in [0.1, 0.15) is 30.2 Å². The van der Waals surface area contributed by atoms with E-state index in [9.17, 15) is 13.2 Å². The Morgan fingerprint density at radius 2 is 2.09 bits per heavy atom. The minimum Gasteiger partial charge on any atom is -0.326 e. The molecule has 1 atom stereocenters. The summed E-state index contributed by atoms with van der Waals surface area (Å²) in [6.45, 7) is 0. The predicted molar refractivity (Wildman–Crippen MR) is 87.0 cm³/mol. The van der Waals surface area contributed by atoms with Crippen LogP contribution in [-0.2, 0) is 14.6 Å². The fraction of sp³-hybridized carbons (Fsp3) is 0.467. The van der Waals surface area contributed by atoms with Crippen molar-refractivity contribution in [3.63, 3.8) is 0 Å². The number of fused-ring (bicyclic) bond motifs is 1. The summed E-state index contributed by atoms with van der Waals surface area (Å²) in [5.41, 5.74) is 1.68. The van der Waals surface area contributed by atoms with Crippen LogP contribution < -0.4 is 5.32 Å². The molecule has 5 nitrogen and oxygen atoms in total. The molecule has 2 aliphatic rings. The number of hydrogen-bond donors (Lipinski definition) is 1. The molecule has 0 radical (unpaired) electrons. The van der Waals surface area contributed by atoms with Gasteiger partial charge in [-0.3, -0.25) is 4.79 Å². The van der Waals surface area contributed by atoms with Gasteiger partial charge in [-0.25, -0.2) is 13.4 Å². The lowest BCUT2D eigenvalue weighted by Crippen LogP contribution is -2.23. The van der Waals surface area contributed by atoms with Gasteiger partial charge >= 0.3 is 0 Å². The number of anilines is 1. The molecule has 1 saturated heterocycles. The summed E-state index contributed by atoms with van der Waals surface area (Å²) in [5.74, 6) is 0.0765. The number of carbonyl (C=O) groups excluding carboxylic acids is 1. The lowest BCUT2D eigenvalue weighted by Gasteiger charge is -2.09. The van der Waals surface area contributed by atoms with E-state index >= 15 is 0 Å². The molecule has 4 rings (SSSR count). The molecule has 2 aromatic rings. The SMILES string of the molecule is O=C(Nc1ccc2nc(C3CC3)sc2c1)[C@H]1CCS(=O)(=O)C1. The van der Waals surface area contributed by atoms with Crippen LogP contribution in [0.3, 0.4) is 0 Å². The van der Waals surface area contributed by atoms with Gasteiger partial charge in [0, 0.05) is 11.6 Å². The number of sulfone groups is 1. The minimum atomic E-state index is -3.04. The maximum atomic E-state index is 12.2. The molecule has 22 heavy (non-hydrogen) atoms. The first kappa shape index (κ1) is 14.1. The van der Waals surface area contributed by atoms with Crippen LogP contribution in [0.25, 0.3) is 10.2 Å². The number of carbonyl (C=O) groups is 1. The van der Waals surface area contributed by atoms with Crippen molar-refractivity contribution in [1.29, 1.82) is 0 Å². The van der Waals surface area contributed by atoms with Crippen LogP contribution in [0.5, 0.6) is 0 Å². The van der Waals surface area contributed by atoms with E-state index in [0.717, 1.165) is 10.2 Å². The lowest BCUT2D eigenvalue weighted by molar-refractivity contribution is -0.119. The number of rotatable bonds is 3. The molecule has 1 aromatic carbocycles. The highest BCUT2D eigenvalue weighted by Crippen LogP contribution is 2.43. The summed E-state index contributed by atoms with van der Waals surface area (Å²) in [6.07, 6.45) is 2.86. The summed E-state index contributed by atoms with van der Waals surface area (Å²) in [7, 11) is -3.04. The van der Waals surface area contributed by atoms with Crippen molar-refractivity contribution in [2.45, 2.75) is 25.2 Å². The van der Waals surface area contributed by atoms with E-state index in [4.69, 9.17) is 0 Å². The fourth-order valence-electron chi connectivity index (χ4n) is 2.77. The third kappa shape index (κ3) is 2.75. The van der Waals surface area contributed by atoms with Gasteiger partial charge < -0.3 is 5.32 Å². The second kappa shape index (κ2) is 5.03. The van der Waals surface area contributed by atoms with Crippen molar-refractivity contribution in [3.8, 4) is 0 Å². The van der Waals surface area contributed by atoms with E-state index in [1.54, 1.807) is 11.3 Å². The highest BCUT2D eigenvalue weighted by atomic mass is 32.2. The van der Waals surface area contributed by atoms with Crippen molar-refractivity contribution < 1.29 is 13.2 Å². The van der Waals surface area contributed by atoms with Crippen LogP contribution in [0.4, 0.5) is 5.69 Å². The molecule has 116 valence electrons. The Morgan fingerprint density at radius 3 is 2.77 bits per heavy atom. The van der Waals surface area contributed by atoms with Gasteiger partial charge in [0.15, 0.2) is 9.84 Å². The summed E-state index contributed by atoms with van der Waals surface area (Å²) in [6, 6.07) is 5.68. The van der Waals surface area contributed by atoms with Gasteiger partial charge in [0.1, 0.15) is 0 Å². The first-order chi connectivity index (χ1) is 10.5. The number of nitrogens with zero attached hydrogens (tertiary/aromatic N) is 1. The molecular formula is C15H16N2O3S2. The number of amides is 1. The number of hydrogen-bond acceptors (Lipinski definition) is 5. The van der Waals surface area contributed by atoms with Crippen molar-refractivity contribution in [3.05, 3.63) is 23.2 Å². The molecule has 1 aliphatic heterocycles. The van der Waals surface area contributed by atoms with E-state index in [1.807, 2.05) is 18.2 Å². The number of aromatic nitrogens is 1. The third-order valence-electron chi connectivity index (χ3n) is 4.20. The number of nitrogens with one attached hydrogen (secondary N) is 1. The second-order valence-electron chi connectivity index (χ2n) is 6.10. The molecular weight excluding hydrogens is 320 g/mol. The van der Waals surface area contributed by atoms with Crippen LogP contribution in [0, 0.1) is 5.92 Å². The van der Waals surface area contributed by atoms with E-state index in [1.165, 1.54) is 17.8 Å². The van der Waals surface area contributed by atoms with Gasteiger partial charge in [0.25, 0.3) is 0 Å². The Kier molecular flexibility index (Phi) is 3.23. The van der Waals surface area contributed by atoms with Gasteiger partial charge in [-0.15, -0.1) is 11.3 Å². The van der Waals surface area contributed by atoms with Crippen molar-refractivity contribution in [2.75, 3.05) is 16.8 Å². The van der Waals surface area contributed by atoms with Crippen molar-refractivity contribution in [1.82, 2.24) is 4.98 Å². The van der Waals surface area contributed by atoms with E-state index in [2.05, 4.69) is 10.3 Å². The average Bonchev–Trinajstić information content (AvgIpc) is 3.13. The maximum Gasteiger partial charge on any atom is 0.228 e. The first-order valence-corrected chi connectivity index (χ1v) is 10.1. The quantitative estimate of drug-likeness (QED) is 0.934. The summed E-state index contributed by atoms with van der Waals surface area (Å²) in [5, 5.41) is 4.02. The smallest absolute Gasteiger partial charge is 0.228 e. The second-order valence-corrected chi connectivity index (χ2v) is 9.39. The normalized spacial score (nSPS) is 23.7. The molecule has 2 heterocycles. The molecule has 2 fully saturated rings. The topological polar surface area (TPSA) is 76.1 Å². The standard InChI is InChI=1S/C15H16N2O3S2/c18-14(10-5-6-22(19,20)8-10)16-11-3-4-12-13(7-11)21-15(17-12)9-1-2-9/h3-4,7,9-10H,1-2,5-6,8H2,(H,16,18)/t10-/m0/s1. The van der Waals surface area contributed by atoms with Gasteiger partial charge in [-0.1, -0.05) is 0 Å². The van der Waals surface area contributed by atoms with Gasteiger partial charge in [-0.2, -0.15) is 0 Å². The Hall–Kier alpha value is -1.47. The zero-order valence-electron chi connectivity index (χ0n) is 11.9. The van der Waals surface area contributed by atoms with E-state index in [0.29, 0.717) is 18.0 Å². The third-order valence-corrected chi connectivity index (χ3v) is 7.15. The summed E-state index contributed by atoms with van der Waals surface area (Å²) < 4.78 is 24.0. The molecule has 7 heteroatoms. The molecule has 1 N–H and O–H groups in total. The molecule has 1 amide bonds. The van der Waals surface area contributed by atoms with Crippen molar-refractivity contribution >= 4 is 43.0 Å². The number of thiazole rings is 1. The fourth-order valence-corrected chi connectivity index (χ4v) is 5.69. The molecule has 1 saturated carbocycles. The Morgan fingerprint density at radius 1 is 1.27 bits per heavy atom. The highest BCUT2D eigenvalue weighted by Gasteiger charge is 2.33. The maximum absolute atomic E-state index is 12.2. The molecule has 0 unspecified atom stereocenters. The number of benzene rings is 1. The monoisotopic (exact) mass is 336 g/mol. The molecule has 1 aromatic heterocycles. The first-order valence-electron chi connectivity index (χ1n) is 7.42. The average molecular weight is 336 g/mol. The highest BCUT2D eigenvalue weighted by molar-refractivity contribution is 7.91. The Labute approximate surface area is 132 Å². The van der Waals surface area contributed by atoms with Crippen molar-refractivity contribution in [2.24, 2.45) is 5.92 Å². The Balaban J connectivity index is 1.52. The zero-order chi connectivity index (χ0) is 15.3. The predicted octanol–water partition coefficient (Wildman–Crippen LogP) is 2.55. The molecule has 1 aliphatic carbocycles. The van der Waals surface area contributed by atoms with Crippen LogP contribution in [0.2, 0.25) is 0 Å². The van der Waals surface area contributed by atoms with Gasteiger partial charge in [0.05, 0.1) is 32.6 Å². The summed E-state index contributed by atoms with van der Waals surface area (Å²) in [4.78, 5) is 16.8. The van der Waals surface area contributed by atoms with Gasteiger partial charge in [0.2, 0.25) is 5.91 Å². The van der Waals surface area contributed by atoms with Gasteiger partial charge in [-0.05, 0) is 37.5 Å². The Bertz CT molecular complexity index is 853. The van der Waals surface area contributed by atoms with Crippen LogP contribution in [-0.4, -0.2) is 30.8 Å². The zero-order valence-corrected chi connectivity index (χ0v) is 13.5. The van der Waals surface area contributed by atoms with Crippen LogP contribution in [0.15, 0.2) is 18.2 Å². The molecule has 0 bridgehead atoms. The summed E-state index contributed by atoms with van der Waals surface area (Å²) >= 11 is 1.68. The minimum absolute atomic E-state index is 0.0343. The van der Waals surface area contributed by atoms with E-state index < -0.39 is 15.8 Å².